The second-order valence-electron chi connectivity index (χ2n) is 6.42. The lowest BCUT2D eigenvalue weighted by Crippen LogP contribution is -2.10. The van der Waals surface area contributed by atoms with Crippen LogP contribution in [0.25, 0.3) is 0 Å². The van der Waals surface area contributed by atoms with E-state index in [1.165, 1.54) is 29.8 Å². The maximum absolute atomic E-state index is 12.7. The minimum Gasteiger partial charge on any atom is -0.478 e. The van der Waals surface area contributed by atoms with Gasteiger partial charge in [0.05, 0.1) is 16.2 Å². The Bertz CT molecular complexity index is 1100. The fraction of sp³-hybridized carbons (Fsp3) is 0.136. The van der Waals surface area contributed by atoms with Gasteiger partial charge in [0.2, 0.25) is 0 Å². The number of carboxylic acids is 1. The zero-order valence-corrected chi connectivity index (χ0v) is 17.8. The number of aromatic carboxylic acids is 1. The molecule has 0 aliphatic rings. The minimum absolute atomic E-state index is 0.00671. The Morgan fingerprint density at radius 1 is 0.966 bits per heavy atom. The van der Waals surface area contributed by atoms with Gasteiger partial charge in [-0.2, -0.15) is 0 Å². The maximum atomic E-state index is 12.7. The third-order valence-electron chi connectivity index (χ3n) is 4.33. The fourth-order valence-corrected chi connectivity index (χ4v) is 5.28. The number of hydrogen-bond donors (Lipinski definition) is 1. The molecule has 0 aromatic heterocycles. The van der Waals surface area contributed by atoms with E-state index in [4.69, 9.17) is 11.6 Å². The molecule has 3 aromatic rings. The van der Waals surface area contributed by atoms with Crippen LogP contribution in [0.2, 0.25) is 5.02 Å². The van der Waals surface area contributed by atoms with Crippen molar-refractivity contribution in [2.45, 2.75) is 22.0 Å². The van der Waals surface area contributed by atoms with Crippen LogP contribution >= 0.6 is 23.4 Å². The van der Waals surface area contributed by atoms with Gasteiger partial charge in [0.1, 0.15) is 0 Å². The summed E-state index contributed by atoms with van der Waals surface area (Å²) < 4.78 is 25.3. The van der Waals surface area contributed by atoms with E-state index < -0.39 is 15.8 Å². The Kier molecular flexibility index (Phi) is 7.00. The van der Waals surface area contributed by atoms with Crippen molar-refractivity contribution in [1.82, 2.24) is 0 Å². The second kappa shape index (κ2) is 9.48. The molecule has 0 bridgehead atoms. The van der Waals surface area contributed by atoms with Gasteiger partial charge in [-0.1, -0.05) is 48.0 Å². The highest BCUT2D eigenvalue weighted by Gasteiger charge is 2.20. The molecule has 1 N–H and O–H groups in total. The third kappa shape index (κ3) is 5.85. The van der Waals surface area contributed by atoms with Crippen LogP contribution in [0.4, 0.5) is 0 Å². The van der Waals surface area contributed by atoms with E-state index in [1.807, 2.05) is 30.3 Å². The van der Waals surface area contributed by atoms with E-state index in [9.17, 15) is 18.3 Å². The largest absolute Gasteiger partial charge is 0.478 e. The zero-order valence-electron chi connectivity index (χ0n) is 15.4. The normalized spacial score (nSPS) is 11.3. The van der Waals surface area contributed by atoms with Gasteiger partial charge in [-0.3, -0.25) is 0 Å². The lowest BCUT2D eigenvalue weighted by Gasteiger charge is -2.10. The molecule has 0 heterocycles. The molecule has 0 aliphatic heterocycles. The summed E-state index contributed by atoms with van der Waals surface area (Å²) in [5.41, 5.74) is 1.48. The number of hydrogen-bond acceptors (Lipinski definition) is 4. The van der Waals surface area contributed by atoms with Crippen molar-refractivity contribution in [2.24, 2.45) is 0 Å². The van der Waals surface area contributed by atoms with Crippen molar-refractivity contribution in [1.29, 1.82) is 0 Å². The molecule has 0 atom stereocenters. The first-order valence-corrected chi connectivity index (χ1v) is 11.9. The summed E-state index contributed by atoms with van der Waals surface area (Å²) >= 11 is 7.36. The highest BCUT2D eigenvalue weighted by atomic mass is 35.5. The molecule has 29 heavy (non-hydrogen) atoms. The Hall–Kier alpha value is -2.28. The van der Waals surface area contributed by atoms with E-state index in [0.29, 0.717) is 5.02 Å². The van der Waals surface area contributed by atoms with Gasteiger partial charge in [-0.05, 0) is 53.9 Å². The van der Waals surface area contributed by atoms with Crippen molar-refractivity contribution < 1.29 is 18.3 Å². The molecule has 0 radical (unpaired) electrons. The summed E-state index contributed by atoms with van der Waals surface area (Å²) in [5.74, 6) is -0.728. The van der Waals surface area contributed by atoms with Crippen LogP contribution in [0, 0.1) is 0 Å². The van der Waals surface area contributed by atoms with E-state index in [0.717, 1.165) is 17.1 Å². The van der Waals surface area contributed by atoms with Crippen LogP contribution in [0.1, 0.15) is 21.5 Å². The topological polar surface area (TPSA) is 71.4 Å². The van der Waals surface area contributed by atoms with Crippen molar-refractivity contribution in [2.75, 3.05) is 5.75 Å². The van der Waals surface area contributed by atoms with Crippen molar-refractivity contribution in [3.05, 3.63) is 94.5 Å². The SMILES string of the molecule is O=C(O)c1cc(SCCc2ccccc2)ccc1CS(=O)(=O)c1ccc(Cl)cc1. The Morgan fingerprint density at radius 2 is 1.66 bits per heavy atom. The van der Waals surface area contributed by atoms with Crippen molar-refractivity contribution in [3.63, 3.8) is 0 Å². The average Bonchev–Trinajstić information content (AvgIpc) is 2.70. The van der Waals surface area contributed by atoms with E-state index in [-0.39, 0.29) is 21.8 Å². The maximum Gasteiger partial charge on any atom is 0.336 e. The standard InChI is InChI=1S/C22H19ClO4S2/c23-18-7-10-20(11-8-18)29(26,27)15-17-6-9-19(14-21(17)22(24)25)28-13-12-16-4-2-1-3-5-16/h1-11,14H,12-13,15H2,(H,24,25). The Balaban J connectivity index is 1.75. The summed E-state index contributed by atoms with van der Waals surface area (Å²) in [6.07, 6.45) is 0.862. The van der Waals surface area contributed by atoms with E-state index in [2.05, 4.69) is 0 Å². The fourth-order valence-electron chi connectivity index (χ4n) is 2.83. The first-order valence-electron chi connectivity index (χ1n) is 8.86. The molecule has 0 aliphatic carbocycles. The van der Waals surface area contributed by atoms with Crippen molar-refractivity contribution >= 4 is 39.2 Å². The minimum atomic E-state index is -3.68. The molecule has 3 aromatic carbocycles. The van der Waals surface area contributed by atoms with Gasteiger partial charge < -0.3 is 5.11 Å². The summed E-state index contributed by atoms with van der Waals surface area (Å²) in [6.45, 7) is 0. The van der Waals surface area contributed by atoms with Gasteiger partial charge >= 0.3 is 5.97 Å². The van der Waals surface area contributed by atoms with Gasteiger partial charge in [0, 0.05) is 15.7 Å². The summed E-state index contributed by atoms with van der Waals surface area (Å²) in [6, 6.07) is 20.8. The molecule has 0 unspecified atom stereocenters. The van der Waals surface area contributed by atoms with Crippen LogP contribution < -0.4 is 0 Å². The summed E-state index contributed by atoms with van der Waals surface area (Å²) in [5, 5.41) is 10.0. The molecular weight excluding hydrogens is 428 g/mol. The van der Waals surface area contributed by atoms with Crippen molar-refractivity contribution in [3.8, 4) is 0 Å². The molecule has 150 valence electrons. The van der Waals surface area contributed by atoms with Gasteiger partial charge in [0.15, 0.2) is 9.84 Å². The molecule has 0 amide bonds. The smallest absolute Gasteiger partial charge is 0.336 e. The molecular formula is C22H19ClO4S2. The Labute approximate surface area is 179 Å². The van der Waals surface area contributed by atoms with Crippen LogP contribution in [0.15, 0.2) is 82.6 Å². The number of halogens is 1. The molecule has 7 heteroatoms. The van der Waals surface area contributed by atoms with Crippen LogP contribution in [0.5, 0.6) is 0 Å². The van der Waals surface area contributed by atoms with Gasteiger partial charge in [0.25, 0.3) is 0 Å². The second-order valence-corrected chi connectivity index (χ2v) is 10.0. The van der Waals surface area contributed by atoms with E-state index >= 15 is 0 Å². The molecule has 0 spiro atoms. The highest BCUT2D eigenvalue weighted by Crippen LogP contribution is 2.26. The molecule has 0 fully saturated rings. The highest BCUT2D eigenvalue weighted by molar-refractivity contribution is 7.99. The third-order valence-corrected chi connectivity index (χ3v) is 7.26. The average molecular weight is 447 g/mol. The Morgan fingerprint density at radius 3 is 2.31 bits per heavy atom. The summed E-state index contributed by atoms with van der Waals surface area (Å²) in [7, 11) is -3.68. The number of carbonyl (C=O) groups is 1. The number of benzene rings is 3. The van der Waals surface area contributed by atoms with Crippen LogP contribution in [-0.2, 0) is 22.0 Å². The molecule has 0 saturated carbocycles. The number of thioether (sulfide) groups is 1. The molecule has 0 saturated heterocycles. The lowest BCUT2D eigenvalue weighted by molar-refractivity contribution is 0.0695. The van der Waals surface area contributed by atoms with Gasteiger partial charge in [-0.15, -0.1) is 11.8 Å². The zero-order chi connectivity index (χ0) is 20.9. The summed E-state index contributed by atoms with van der Waals surface area (Å²) in [4.78, 5) is 12.6. The first kappa shape index (κ1) is 21.4. The lowest BCUT2D eigenvalue weighted by atomic mass is 10.1. The molecule has 4 nitrogen and oxygen atoms in total. The monoisotopic (exact) mass is 446 g/mol. The number of rotatable bonds is 8. The predicted octanol–water partition coefficient (Wildman–Crippen LogP) is 5.35. The quantitative estimate of drug-likeness (QED) is 0.472. The van der Waals surface area contributed by atoms with Gasteiger partial charge in [-0.25, -0.2) is 13.2 Å². The van der Waals surface area contributed by atoms with Crippen LogP contribution in [-0.4, -0.2) is 25.2 Å². The van der Waals surface area contributed by atoms with Crippen LogP contribution in [0.3, 0.4) is 0 Å². The molecule has 3 rings (SSSR count). The predicted molar refractivity (Wildman–Crippen MR) is 117 cm³/mol. The first-order chi connectivity index (χ1) is 13.8. The number of sulfone groups is 1. The number of carboxylic acid groups (broad SMARTS) is 1. The van der Waals surface area contributed by atoms with E-state index in [1.54, 1.807) is 30.0 Å². The number of aryl methyl sites for hydroxylation is 1.